The molecule has 1 atom stereocenters. The fraction of sp³-hybridized carbons (Fsp3) is 0.280. The molecule has 6 rings (SSSR count). The summed E-state index contributed by atoms with van der Waals surface area (Å²) in [5, 5.41) is 3.26. The Labute approximate surface area is 200 Å². The summed E-state index contributed by atoms with van der Waals surface area (Å²) in [4.78, 5) is 41.8. The molecule has 0 radical (unpaired) electrons. The normalized spacial score (nSPS) is 17.7. The molecule has 4 aromatic rings. The van der Waals surface area contributed by atoms with Crippen LogP contribution in [0.15, 0.2) is 69.2 Å². The molecule has 1 fully saturated rings. The number of H-pyrrole nitrogens is 1. The molecule has 178 valence electrons. The predicted molar refractivity (Wildman–Crippen MR) is 137 cm³/mol. The van der Waals surface area contributed by atoms with Gasteiger partial charge in [0.15, 0.2) is 11.2 Å². The van der Waals surface area contributed by atoms with Crippen LogP contribution in [0.5, 0.6) is 0 Å². The molecule has 0 aliphatic carbocycles. The summed E-state index contributed by atoms with van der Waals surface area (Å²) in [6.45, 7) is 1.95. The molecule has 2 aromatic heterocycles. The van der Waals surface area contributed by atoms with Crippen molar-refractivity contribution in [3.8, 4) is 5.69 Å². The Morgan fingerprint density at radius 2 is 1.86 bits per heavy atom. The van der Waals surface area contributed by atoms with Gasteiger partial charge in [0, 0.05) is 24.8 Å². The van der Waals surface area contributed by atoms with Crippen molar-refractivity contribution in [2.75, 3.05) is 23.3 Å². The van der Waals surface area contributed by atoms with Crippen LogP contribution in [0.2, 0.25) is 0 Å². The van der Waals surface area contributed by atoms with Crippen LogP contribution in [0.3, 0.4) is 0 Å². The first-order valence-electron chi connectivity index (χ1n) is 11.8. The second-order valence-corrected chi connectivity index (χ2v) is 9.00. The van der Waals surface area contributed by atoms with E-state index in [-0.39, 0.29) is 18.1 Å². The largest absolute Gasteiger partial charge is 0.342 e. The van der Waals surface area contributed by atoms with Crippen molar-refractivity contribution in [2.45, 2.75) is 32.0 Å². The van der Waals surface area contributed by atoms with Crippen molar-refractivity contribution < 1.29 is 0 Å². The highest BCUT2D eigenvalue weighted by molar-refractivity contribution is 5.97. The number of amidine groups is 1. The number of aromatic nitrogens is 4. The van der Waals surface area contributed by atoms with Crippen molar-refractivity contribution in [3.05, 3.63) is 81.0 Å². The number of aliphatic imine (C=N–C) groups is 1. The highest BCUT2D eigenvalue weighted by Gasteiger charge is 2.24. The van der Waals surface area contributed by atoms with E-state index in [4.69, 9.17) is 10.7 Å². The van der Waals surface area contributed by atoms with Gasteiger partial charge in [-0.3, -0.25) is 14.4 Å². The maximum atomic E-state index is 13.7. The standard InChI is InChI=1S/C25H26N8O2/c26-17-8-6-12-31(14-17)24-29-21-22(30-24)33(18-9-2-1-3-10-18)25(35)32(23(21)34)15-20-27-13-16-7-4-5-11-19(16)28-20/h1-5,7,9-11,17H,6,8,12-15,26H2,(H,27,28)(H,29,30). The number of benzene rings is 2. The molecule has 10 nitrogen and oxygen atoms in total. The van der Waals surface area contributed by atoms with E-state index in [0.717, 1.165) is 30.6 Å². The SMILES string of the molecule is NC1CCCN(c2nc3c([nH]2)c(=O)n(CC2=NCc4ccccc4N2)c(=O)n3-c2ccccc2)C1. The highest BCUT2D eigenvalue weighted by Crippen LogP contribution is 2.22. The number of anilines is 2. The molecular formula is C25H26N8O2. The number of hydrogen-bond acceptors (Lipinski definition) is 7. The quantitative estimate of drug-likeness (QED) is 0.418. The smallest absolute Gasteiger partial charge is 0.337 e. The average Bonchev–Trinajstić information content (AvgIpc) is 3.33. The number of nitrogens with zero attached hydrogens (tertiary/aromatic N) is 5. The fourth-order valence-corrected chi connectivity index (χ4v) is 4.79. The molecule has 2 aromatic carbocycles. The summed E-state index contributed by atoms with van der Waals surface area (Å²) in [7, 11) is 0. The minimum Gasteiger partial charge on any atom is -0.342 e. The Kier molecular flexibility index (Phi) is 5.22. The van der Waals surface area contributed by atoms with Crippen LogP contribution < -0.4 is 27.2 Å². The lowest BCUT2D eigenvalue weighted by Crippen LogP contribution is -2.43. The molecule has 1 unspecified atom stereocenters. The summed E-state index contributed by atoms with van der Waals surface area (Å²) < 4.78 is 2.69. The summed E-state index contributed by atoms with van der Waals surface area (Å²) >= 11 is 0. The molecule has 4 N–H and O–H groups in total. The average molecular weight is 471 g/mol. The van der Waals surface area contributed by atoms with Crippen molar-refractivity contribution in [3.63, 3.8) is 0 Å². The van der Waals surface area contributed by atoms with Crippen LogP contribution >= 0.6 is 0 Å². The van der Waals surface area contributed by atoms with Crippen LogP contribution in [0.1, 0.15) is 18.4 Å². The van der Waals surface area contributed by atoms with Gasteiger partial charge in [0.25, 0.3) is 5.56 Å². The second-order valence-electron chi connectivity index (χ2n) is 9.00. The van der Waals surface area contributed by atoms with E-state index in [9.17, 15) is 9.59 Å². The zero-order valence-electron chi connectivity index (χ0n) is 19.1. The van der Waals surface area contributed by atoms with E-state index in [2.05, 4.69) is 15.3 Å². The summed E-state index contributed by atoms with van der Waals surface area (Å²) in [6.07, 6.45) is 1.90. The van der Waals surface area contributed by atoms with Crippen LogP contribution in [0.25, 0.3) is 16.9 Å². The Bertz CT molecular complexity index is 1550. The van der Waals surface area contributed by atoms with Crippen molar-refractivity contribution in [1.29, 1.82) is 0 Å². The number of rotatable bonds is 4. The molecule has 35 heavy (non-hydrogen) atoms. The lowest BCUT2D eigenvalue weighted by molar-refractivity contribution is 0.501. The van der Waals surface area contributed by atoms with Gasteiger partial charge in [0.1, 0.15) is 5.84 Å². The van der Waals surface area contributed by atoms with Crippen LogP contribution in [0.4, 0.5) is 11.6 Å². The van der Waals surface area contributed by atoms with Gasteiger partial charge in [-0.1, -0.05) is 36.4 Å². The molecule has 0 bridgehead atoms. The van der Waals surface area contributed by atoms with E-state index in [1.165, 1.54) is 9.13 Å². The third kappa shape index (κ3) is 3.81. The molecule has 10 heteroatoms. The van der Waals surface area contributed by atoms with E-state index in [1.807, 2.05) is 59.5 Å². The monoisotopic (exact) mass is 470 g/mol. The number of imidazole rings is 1. The fourth-order valence-electron chi connectivity index (χ4n) is 4.79. The van der Waals surface area contributed by atoms with Gasteiger partial charge in [0.2, 0.25) is 5.95 Å². The minimum atomic E-state index is -0.467. The number of aromatic amines is 1. The highest BCUT2D eigenvalue weighted by atomic mass is 16.2. The van der Waals surface area contributed by atoms with Gasteiger partial charge in [-0.05, 0) is 36.6 Å². The minimum absolute atomic E-state index is 0.0255. The lowest BCUT2D eigenvalue weighted by Gasteiger charge is -2.30. The van der Waals surface area contributed by atoms with Gasteiger partial charge < -0.3 is 20.9 Å². The number of hydrogen-bond donors (Lipinski definition) is 3. The summed E-state index contributed by atoms with van der Waals surface area (Å²) in [5.74, 6) is 1.11. The molecule has 4 heterocycles. The first-order valence-corrected chi connectivity index (χ1v) is 11.8. The van der Waals surface area contributed by atoms with Crippen LogP contribution in [-0.4, -0.2) is 44.1 Å². The third-order valence-electron chi connectivity index (χ3n) is 6.58. The van der Waals surface area contributed by atoms with Crippen molar-refractivity contribution >= 4 is 28.6 Å². The first-order chi connectivity index (χ1) is 17.1. The van der Waals surface area contributed by atoms with E-state index in [1.54, 1.807) is 0 Å². The number of para-hydroxylation sites is 2. The molecular weight excluding hydrogens is 444 g/mol. The number of nitrogens with two attached hydrogens (primary N) is 1. The maximum absolute atomic E-state index is 13.7. The molecule has 0 saturated carbocycles. The summed E-state index contributed by atoms with van der Waals surface area (Å²) in [6, 6.07) is 17.1. The van der Waals surface area contributed by atoms with Gasteiger partial charge in [-0.15, -0.1) is 0 Å². The van der Waals surface area contributed by atoms with Gasteiger partial charge in [0.05, 0.1) is 18.8 Å². The number of piperidine rings is 1. The van der Waals surface area contributed by atoms with E-state index in [0.29, 0.717) is 36.2 Å². The molecule has 1 saturated heterocycles. The van der Waals surface area contributed by atoms with Gasteiger partial charge in [-0.25, -0.2) is 9.36 Å². The Hall–Kier alpha value is -4.18. The van der Waals surface area contributed by atoms with E-state index >= 15 is 0 Å². The van der Waals surface area contributed by atoms with E-state index < -0.39 is 11.2 Å². The topological polar surface area (TPSA) is 126 Å². The molecule has 2 aliphatic rings. The van der Waals surface area contributed by atoms with Crippen molar-refractivity contribution in [1.82, 2.24) is 19.1 Å². The predicted octanol–water partition coefficient (Wildman–Crippen LogP) is 1.83. The molecule has 2 aliphatic heterocycles. The van der Waals surface area contributed by atoms with Gasteiger partial charge in [-0.2, -0.15) is 4.98 Å². The Morgan fingerprint density at radius 3 is 2.69 bits per heavy atom. The Balaban J connectivity index is 1.48. The van der Waals surface area contributed by atoms with Crippen LogP contribution in [0, 0.1) is 0 Å². The molecule has 0 spiro atoms. The Morgan fingerprint density at radius 1 is 1.06 bits per heavy atom. The maximum Gasteiger partial charge on any atom is 0.337 e. The van der Waals surface area contributed by atoms with Gasteiger partial charge >= 0.3 is 5.69 Å². The molecule has 0 amide bonds. The first kappa shape index (κ1) is 21.4. The number of nitrogens with one attached hydrogen (secondary N) is 2. The zero-order valence-corrected chi connectivity index (χ0v) is 19.1. The third-order valence-corrected chi connectivity index (χ3v) is 6.58. The zero-order chi connectivity index (χ0) is 23.9. The second kappa shape index (κ2) is 8.55. The summed E-state index contributed by atoms with van der Waals surface area (Å²) in [5.41, 5.74) is 8.49. The lowest BCUT2D eigenvalue weighted by atomic mass is 10.1. The van der Waals surface area contributed by atoms with Crippen molar-refractivity contribution in [2.24, 2.45) is 10.7 Å². The van der Waals surface area contributed by atoms with Crippen LogP contribution in [-0.2, 0) is 13.1 Å². The number of fused-ring (bicyclic) bond motifs is 2.